The molecule has 0 saturated carbocycles. The van der Waals surface area contributed by atoms with Crippen LogP contribution in [0.2, 0.25) is 0 Å². The zero-order valence-corrected chi connectivity index (χ0v) is 13.1. The molecule has 1 amide bonds. The summed E-state index contributed by atoms with van der Waals surface area (Å²) in [5.41, 5.74) is 4.92. The van der Waals surface area contributed by atoms with Gasteiger partial charge in [-0.1, -0.05) is 12.2 Å². The molecule has 0 aliphatic carbocycles. The van der Waals surface area contributed by atoms with Crippen molar-refractivity contribution in [1.82, 2.24) is 4.90 Å². The lowest BCUT2D eigenvalue weighted by Crippen LogP contribution is -2.58. The van der Waals surface area contributed by atoms with E-state index in [0.717, 1.165) is 19.4 Å². The number of piperidine rings is 1. The highest BCUT2D eigenvalue weighted by Crippen LogP contribution is 2.35. The summed E-state index contributed by atoms with van der Waals surface area (Å²) >= 11 is 5.20. The molecule has 2 heterocycles. The van der Waals surface area contributed by atoms with E-state index in [1.807, 2.05) is 11.8 Å². The third kappa shape index (κ3) is 2.82. The molecule has 5 nitrogen and oxygen atoms in total. The molecule has 0 aromatic heterocycles. The Labute approximate surface area is 125 Å². The summed E-state index contributed by atoms with van der Waals surface area (Å²) in [5, 5.41) is 0. The van der Waals surface area contributed by atoms with Crippen molar-refractivity contribution < 1.29 is 14.3 Å². The van der Waals surface area contributed by atoms with Crippen LogP contribution in [0.15, 0.2) is 0 Å². The van der Waals surface area contributed by atoms with E-state index in [-0.39, 0.29) is 11.5 Å². The van der Waals surface area contributed by atoms with Crippen molar-refractivity contribution in [3.05, 3.63) is 0 Å². The van der Waals surface area contributed by atoms with Crippen LogP contribution < -0.4 is 5.73 Å². The van der Waals surface area contributed by atoms with Gasteiger partial charge in [0.1, 0.15) is 5.41 Å². The summed E-state index contributed by atoms with van der Waals surface area (Å²) in [6.07, 6.45) is 3.08. The van der Waals surface area contributed by atoms with Gasteiger partial charge < -0.3 is 20.1 Å². The Morgan fingerprint density at radius 3 is 2.55 bits per heavy atom. The van der Waals surface area contributed by atoms with E-state index in [1.165, 1.54) is 0 Å². The number of nitrogens with two attached hydrogens (primary N) is 1. The maximum atomic E-state index is 13.0. The van der Waals surface area contributed by atoms with E-state index < -0.39 is 5.41 Å². The van der Waals surface area contributed by atoms with Crippen LogP contribution in [0.3, 0.4) is 0 Å². The van der Waals surface area contributed by atoms with Crippen molar-refractivity contribution in [2.45, 2.75) is 38.2 Å². The quantitative estimate of drug-likeness (QED) is 0.791. The van der Waals surface area contributed by atoms with Gasteiger partial charge in [-0.3, -0.25) is 4.79 Å². The summed E-state index contributed by atoms with van der Waals surface area (Å²) in [6, 6.07) is 0. The molecule has 2 saturated heterocycles. The summed E-state index contributed by atoms with van der Waals surface area (Å²) in [6.45, 7) is 4.48. The van der Waals surface area contributed by atoms with Gasteiger partial charge in [0, 0.05) is 33.4 Å². The number of thiocarbonyl (C=S) groups is 1. The molecule has 20 heavy (non-hydrogen) atoms. The standard InChI is InChI=1S/C14H24N2O3S/c1-13(18-2)4-3-7-16(10-13)12(17)14(11(15)20)5-8-19-9-6-14/h3-10H2,1-2H3,(H2,15,20). The van der Waals surface area contributed by atoms with Gasteiger partial charge >= 0.3 is 0 Å². The molecule has 1 unspecified atom stereocenters. The first-order valence-electron chi connectivity index (χ1n) is 7.16. The average Bonchev–Trinajstić information content (AvgIpc) is 2.47. The highest BCUT2D eigenvalue weighted by molar-refractivity contribution is 7.80. The van der Waals surface area contributed by atoms with E-state index in [2.05, 4.69) is 0 Å². The number of methoxy groups -OCH3 is 1. The first kappa shape index (κ1) is 15.7. The predicted octanol–water partition coefficient (Wildman–Crippen LogP) is 1.10. The molecule has 1 atom stereocenters. The molecule has 2 fully saturated rings. The second-order valence-corrected chi connectivity index (χ2v) is 6.48. The molecular weight excluding hydrogens is 276 g/mol. The highest BCUT2D eigenvalue weighted by atomic mass is 32.1. The minimum absolute atomic E-state index is 0.0521. The number of hydrogen-bond acceptors (Lipinski definition) is 4. The molecule has 0 aromatic rings. The van der Waals surface area contributed by atoms with E-state index in [4.69, 9.17) is 27.4 Å². The van der Waals surface area contributed by atoms with Crippen LogP contribution in [0.25, 0.3) is 0 Å². The third-order valence-corrected chi connectivity index (χ3v) is 5.06. The highest BCUT2D eigenvalue weighted by Gasteiger charge is 2.47. The zero-order valence-electron chi connectivity index (χ0n) is 12.3. The second-order valence-electron chi connectivity index (χ2n) is 6.04. The topological polar surface area (TPSA) is 64.8 Å². The monoisotopic (exact) mass is 300 g/mol. The van der Waals surface area contributed by atoms with Crippen LogP contribution in [0.5, 0.6) is 0 Å². The molecule has 0 bridgehead atoms. The molecule has 0 radical (unpaired) electrons. The van der Waals surface area contributed by atoms with Crippen LogP contribution in [0.4, 0.5) is 0 Å². The van der Waals surface area contributed by atoms with Crippen LogP contribution in [0, 0.1) is 5.41 Å². The Bertz CT molecular complexity index is 396. The van der Waals surface area contributed by atoms with E-state index >= 15 is 0 Å². The van der Waals surface area contributed by atoms with Gasteiger partial charge in [-0.05, 0) is 32.6 Å². The third-order valence-electron chi connectivity index (χ3n) is 4.67. The number of carbonyl (C=O) groups excluding carboxylic acids is 1. The number of ether oxygens (including phenoxy) is 2. The summed E-state index contributed by atoms with van der Waals surface area (Å²) in [7, 11) is 1.70. The maximum Gasteiger partial charge on any atom is 0.235 e. The largest absolute Gasteiger partial charge is 0.392 e. The summed E-state index contributed by atoms with van der Waals surface area (Å²) < 4.78 is 10.9. The molecule has 2 N–H and O–H groups in total. The van der Waals surface area contributed by atoms with E-state index in [9.17, 15) is 4.79 Å². The lowest BCUT2D eigenvalue weighted by molar-refractivity contribution is -0.150. The number of hydrogen-bond donors (Lipinski definition) is 1. The smallest absolute Gasteiger partial charge is 0.235 e. The number of nitrogens with zero attached hydrogens (tertiary/aromatic N) is 1. The lowest BCUT2D eigenvalue weighted by Gasteiger charge is -2.44. The van der Waals surface area contributed by atoms with Gasteiger partial charge in [0.05, 0.1) is 10.6 Å². The normalized spacial score (nSPS) is 30.0. The fourth-order valence-electron chi connectivity index (χ4n) is 3.13. The van der Waals surface area contributed by atoms with E-state index in [0.29, 0.717) is 37.6 Å². The van der Waals surface area contributed by atoms with Crippen LogP contribution >= 0.6 is 12.2 Å². The van der Waals surface area contributed by atoms with Crippen molar-refractivity contribution in [3.8, 4) is 0 Å². The predicted molar refractivity (Wildman–Crippen MR) is 80.5 cm³/mol. The van der Waals surface area contributed by atoms with Gasteiger partial charge in [0.25, 0.3) is 0 Å². The van der Waals surface area contributed by atoms with Crippen molar-refractivity contribution in [3.63, 3.8) is 0 Å². The van der Waals surface area contributed by atoms with Gasteiger partial charge in [0.2, 0.25) is 5.91 Å². The molecule has 0 spiro atoms. The fourth-order valence-corrected chi connectivity index (χ4v) is 3.43. The van der Waals surface area contributed by atoms with Crippen LogP contribution in [-0.2, 0) is 14.3 Å². The summed E-state index contributed by atoms with van der Waals surface area (Å²) in [5.74, 6) is 0.0521. The number of likely N-dealkylation sites (tertiary alicyclic amines) is 1. The first-order chi connectivity index (χ1) is 9.43. The first-order valence-corrected chi connectivity index (χ1v) is 7.57. The second kappa shape index (κ2) is 5.95. The van der Waals surface area contributed by atoms with Crippen molar-refractivity contribution in [2.75, 3.05) is 33.4 Å². The molecule has 2 rings (SSSR count). The Morgan fingerprint density at radius 2 is 2.00 bits per heavy atom. The van der Waals surface area contributed by atoms with E-state index in [1.54, 1.807) is 7.11 Å². The Morgan fingerprint density at radius 1 is 1.35 bits per heavy atom. The molecule has 114 valence electrons. The average molecular weight is 300 g/mol. The molecule has 0 aromatic carbocycles. The molecular formula is C14H24N2O3S. The molecule has 2 aliphatic rings. The minimum Gasteiger partial charge on any atom is -0.392 e. The zero-order chi connectivity index (χ0) is 14.8. The summed E-state index contributed by atoms with van der Waals surface area (Å²) in [4.78, 5) is 15.1. The number of amides is 1. The lowest BCUT2D eigenvalue weighted by atomic mass is 9.78. The molecule has 2 aliphatic heterocycles. The number of carbonyl (C=O) groups is 1. The van der Waals surface area contributed by atoms with Gasteiger partial charge in [-0.15, -0.1) is 0 Å². The van der Waals surface area contributed by atoms with Gasteiger partial charge in [0.15, 0.2) is 0 Å². The Balaban J connectivity index is 2.17. The minimum atomic E-state index is -0.723. The van der Waals surface area contributed by atoms with Crippen LogP contribution in [0.1, 0.15) is 32.6 Å². The van der Waals surface area contributed by atoms with Crippen LogP contribution in [-0.4, -0.2) is 54.8 Å². The fraction of sp³-hybridized carbons (Fsp3) is 0.857. The molecule has 6 heteroatoms. The SMILES string of the molecule is COC1(C)CCCN(C(=O)C2(C(N)=S)CCOCC2)C1. The van der Waals surface area contributed by atoms with Crippen molar-refractivity contribution in [1.29, 1.82) is 0 Å². The van der Waals surface area contributed by atoms with Gasteiger partial charge in [-0.2, -0.15) is 0 Å². The Kier molecular flexibility index (Phi) is 4.66. The maximum absolute atomic E-state index is 13.0. The van der Waals surface area contributed by atoms with Crippen molar-refractivity contribution in [2.24, 2.45) is 11.1 Å². The van der Waals surface area contributed by atoms with Crippen molar-refractivity contribution >= 4 is 23.1 Å². The van der Waals surface area contributed by atoms with Gasteiger partial charge in [-0.25, -0.2) is 0 Å². The number of rotatable bonds is 3. The Hall–Kier alpha value is -0.720.